The van der Waals surface area contributed by atoms with Crippen LogP contribution in [0.2, 0.25) is 0 Å². The van der Waals surface area contributed by atoms with Crippen LogP contribution >= 0.6 is 0 Å². The molecule has 12 heavy (non-hydrogen) atoms. The Bertz CT molecular complexity index is 206. The fourth-order valence-electron chi connectivity index (χ4n) is 1.85. The van der Waals surface area contributed by atoms with Crippen molar-refractivity contribution in [1.82, 2.24) is 0 Å². The maximum atomic E-state index is 5.73. The second kappa shape index (κ2) is 3.08. The van der Waals surface area contributed by atoms with Crippen LogP contribution in [0.25, 0.3) is 0 Å². The van der Waals surface area contributed by atoms with E-state index < -0.39 is 0 Å². The minimum absolute atomic E-state index is 0.253. The van der Waals surface area contributed by atoms with E-state index in [9.17, 15) is 0 Å². The van der Waals surface area contributed by atoms with Crippen LogP contribution in [0.15, 0.2) is 0 Å². The van der Waals surface area contributed by atoms with E-state index in [-0.39, 0.29) is 5.54 Å². The fraction of sp³-hybridized carbons (Fsp3) is 0.900. The predicted molar refractivity (Wildman–Crippen MR) is 50.7 cm³/mol. The van der Waals surface area contributed by atoms with E-state index in [2.05, 4.69) is 39.3 Å². The molecule has 70 valence electrons. The van der Waals surface area contributed by atoms with Gasteiger partial charge in [0.15, 0.2) is 5.54 Å². The summed E-state index contributed by atoms with van der Waals surface area (Å²) in [7, 11) is 2.12. The Morgan fingerprint density at radius 2 is 2.17 bits per heavy atom. The van der Waals surface area contributed by atoms with Gasteiger partial charge in [-0.25, -0.2) is 4.58 Å². The Balaban J connectivity index is 2.94. The first-order chi connectivity index (χ1) is 5.47. The number of hydrogen-bond acceptors (Lipinski definition) is 1. The molecule has 0 bridgehead atoms. The molecule has 0 amide bonds. The summed E-state index contributed by atoms with van der Waals surface area (Å²) in [6.07, 6.45) is 2.46. The standard InChI is InChI=1S/C10H20NO/c1-6-9-11(5)10(3,4)7-8(2)12-9/h8H,6-7H2,1-5H3/q+1. The molecular weight excluding hydrogens is 150 g/mol. The van der Waals surface area contributed by atoms with Crippen LogP contribution in [-0.4, -0.2) is 29.2 Å². The van der Waals surface area contributed by atoms with Gasteiger partial charge < -0.3 is 4.74 Å². The highest BCUT2D eigenvalue weighted by Crippen LogP contribution is 2.23. The number of nitrogens with zero attached hydrogens (tertiary/aromatic N) is 1. The Hall–Kier alpha value is -0.530. The zero-order valence-corrected chi connectivity index (χ0v) is 8.85. The molecule has 1 heterocycles. The van der Waals surface area contributed by atoms with Gasteiger partial charge in [0.1, 0.15) is 13.2 Å². The van der Waals surface area contributed by atoms with Crippen molar-refractivity contribution < 1.29 is 9.31 Å². The summed E-state index contributed by atoms with van der Waals surface area (Å²) in [5.74, 6) is 1.12. The van der Waals surface area contributed by atoms with Crippen LogP contribution in [0.5, 0.6) is 0 Å². The molecule has 0 aliphatic carbocycles. The van der Waals surface area contributed by atoms with Crippen molar-refractivity contribution in [2.24, 2.45) is 0 Å². The lowest BCUT2D eigenvalue weighted by molar-refractivity contribution is -0.595. The summed E-state index contributed by atoms with van der Waals surface area (Å²) in [6.45, 7) is 8.81. The average Bonchev–Trinajstić information content (AvgIpc) is 1.96. The highest BCUT2D eigenvalue weighted by Gasteiger charge is 2.38. The Labute approximate surface area is 75.2 Å². The number of ether oxygens (including phenoxy) is 1. The molecule has 0 saturated heterocycles. The minimum Gasteiger partial charge on any atom is -0.445 e. The Kier molecular flexibility index (Phi) is 2.45. The first-order valence-corrected chi connectivity index (χ1v) is 4.73. The maximum absolute atomic E-state index is 5.73. The van der Waals surface area contributed by atoms with E-state index >= 15 is 0 Å². The molecule has 0 fully saturated rings. The van der Waals surface area contributed by atoms with Gasteiger partial charge in [0, 0.05) is 20.3 Å². The minimum atomic E-state index is 0.253. The second-order valence-electron chi connectivity index (χ2n) is 4.25. The molecule has 0 aromatic carbocycles. The van der Waals surface area contributed by atoms with E-state index in [1.54, 1.807) is 0 Å². The predicted octanol–water partition coefficient (Wildman–Crippen LogP) is 2.02. The molecule has 1 unspecified atom stereocenters. The van der Waals surface area contributed by atoms with Gasteiger partial charge in [-0.1, -0.05) is 6.92 Å². The Morgan fingerprint density at radius 1 is 1.58 bits per heavy atom. The van der Waals surface area contributed by atoms with Crippen LogP contribution < -0.4 is 0 Å². The topological polar surface area (TPSA) is 12.2 Å². The van der Waals surface area contributed by atoms with Crippen LogP contribution in [0.4, 0.5) is 0 Å². The van der Waals surface area contributed by atoms with Crippen molar-refractivity contribution in [3.8, 4) is 0 Å². The summed E-state index contributed by atoms with van der Waals surface area (Å²) in [6, 6.07) is 0. The van der Waals surface area contributed by atoms with E-state index in [0.29, 0.717) is 6.10 Å². The third-order valence-electron chi connectivity index (χ3n) is 2.71. The zero-order valence-electron chi connectivity index (χ0n) is 8.85. The molecule has 2 nitrogen and oxygen atoms in total. The molecule has 0 aromatic heterocycles. The van der Waals surface area contributed by atoms with Gasteiger partial charge in [-0.2, -0.15) is 0 Å². The lowest BCUT2D eigenvalue weighted by Crippen LogP contribution is -2.46. The highest BCUT2D eigenvalue weighted by molar-refractivity contribution is 5.71. The van der Waals surface area contributed by atoms with E-state index in [1.165, 1.54) is 0 Å². The van der Waals surface area contributed by atoms with Crippen molar-refractivity contribution in [3.63, 3.8) is 0 Å². The summed E-state index contributed by atoms with van der Waals surface area (Å²) in [4.78, 5) is 0. The average molecular weight is 170 g/mol. The molecule has 0 spiro atoms. The quantitative estimate of drug-likeness (QED) is 0.548. The SMILES string of the molecule is CCC1=[N+](C)C(C)(C)CC(C)O1. The summed E-state index contributed by atoms with van der Waals surface area (Å²) in [5, 5.41) is 0. The zero-order chi connectivity index (χ0) is 9.35. The molecule has 1 aliphatic heterocycles. The summed E-state index contributed by atoms with van der Waals surface area (Å²) >= 11 is 0. The lowest BCUT2D eigenvalue weighted by atomic mass is 9.95. The smallest absolute Gasteiger partial charge is 0.336 e. The molecule has 1 aliphatic rings. The van der Waals surface area contributed by atoms with E-state index in [1.807, 2.05) is 0 Å². The molecule has 0 radical (unpaired) electrons. The number of hydrogen-bond donors (Lipinski definition) is 0. The van der Waals surface area contributed by atoms with Crippen molar-refractivity contribution in [3.05, 3.63) is 0 Å². The number of rotatable bonds is 1. The summed E-state index contributed by atoms with van der Waals surface area (Å²) < 4.78 is 7.98. The third-order valence-corrected chi connectivity index (χ3v) is 2.71. The monoisotopic (exact) mass is 170 g/mol. The van der Waals surface area contributed by atoms with Gasteiger partial charge in [0.05, 0.1) is 6.42 Å². The maximum Gasteiger partial charge on any atom is 0.336 e. The van der Waals surface area contributed by atoms with Gasteiger partial charge in [-0.15, -0.1) is 0 Å². The second-order valence-corrected chi connectivity index (χ2v) is 4.25. The largest absolute Gasteiger partial charge is 0.445 e. The van der Waals surface area contributed by atoms with Crippen LogP contribution in [-0.2, 0) is 4.74 Å². The fourth-order valence-corrected chi connectivity index (χ4v) is 1.85. The third kappa shape index (κ3) is 1.62. The van der Waals surface area contributed by atoms with Gasteiger partial charge in [0.25, 0.3) is 0 Å². The Morgan fingerprint density at radius 3 is 2.67 bits per heavy atom. The molecule has 1 atom stereocenters. The van der Waals surface area contributed by atoms with Gasteiger partial charge in [-0.3, -0.25) is 0 Å². The first kappa shape index (κ1) is 9.56. The molecule has 0 saturated carbocycles. The molecule has 1 rings (SSSR count). The normalized spacial score (nSPS) is 28.6. The van der Waals surface area contributed by atoms with Gasteiger partial charge in [0.2, 0.25) is 0 Å². The van der Waals surface area contributed by atoms with Gasteiger partial charge >= 0.3 is 5.90 Å². The van der Waals surface area contributed by atoms with Crippen molar-refractivity contribution in [1.29, 1.82) is 0 Å². The van der Waals surface area contributed by atoms with Crippen LogP contribution in [0.1, 0.15) is 40.5 Å². The molecule has 0 aromatic rings. The van der Waals surface area contributed by atoms with Gasteiger partial charge in [-0.05, 0) is 6.92 Å². The van der Waals surface area contributed by atoms with Crippen LogP contribution in [0, 0.1) is 0 Å². The van der Waals surface area contributed by atoms with Crippen LogP contribution in [0.3, 0.4) is 0 Å². The van der Waals surface area contributed by atoms with Crippen molar-refractivity contribution >= 4 is 5.90 Å². The highest BCUT2D eigenvalue weighted by atomic mass is 16.5. The van der Waals surface area contributed by atoms with E-state index in [0.717, 1.165) is 18.7 Å². The van der Waals surface area contributed by atoms with Crippen molar-refractivity contribution in [2.45, 2.75) is 52.2 Å². The van der Waals surface area contributed by atoms with E-state index in [4.69, 9.17) is 4.74 Å². The first-order valence-electron chi connectivity index (χ1n) is 4.73. The lowest BCUT2D eigenvalue weighted by Gasteiger charge is -2.30. The molecule has 2 heteroatoms. The molecule has 0 N–H and O–H groups in total. The summed E-state index contributed by atoms with van der Waals surface area (Å²) in [5.41, 5.74) is 0.253. The van der Waals surface area contributed by atoms with Crippen molar-refractivity contribution in [2.75, 3.05) is 7.05 Å². The molecular formula is C10H20NO+.